The number of nitrogens with zero attached hydrogens (tertiary/aromatic N) is 2. The Labute approximate surface area is 109 Å². The highest BCUT2D eigenvalue weighted by atomic mass is 19.4. The molecular weight excluding hydrogens is 253 g/mol. The van der Waals surface area contributed by atoms with Crippen LogP contribution in [0, 0.1) is 20.8 Å². The van der Waals surface area contributed by atoms with Crippen molar-refractivity contribution in [1.82, 2.24) is 9.97 Å². The van der Waals surface area contributed by atoms with Gasteiger partial charge in [0.1, 0.15) is 0 Å². The lowest BCUT2D eigenvalue weighted by Gasteiger charge is -2.13. The molecule has 2 aromatic rings. The first-order chi connectivity index (χ1) is 8.80. The highest BCUT2D eigenvalue weighted by molar-refractivity contribution is 5.61. The fraction of sp³-hybridized carbons (Fsp3) is 0.286. The van der Waals surface area contributed by atoms with Gasteiger partial charge in [0.2, 0.25) is 0 Å². The van der Waals surface area contributed by atoms with Crippen molar-refractivity contribution < 1.29 is 13.2 Å². The molecule has 0 aliphatic carbocycles. The van der Waals surface area contributed by atoms with Gasteiger partial charge >= 0.3 is 6.18 Å². The zero-order valence-electron chi connectivity index (χ0n) is 10.8. The molecule has 1 aromatic carbocycles. The third-order valence-corrected chi connectivity index (χ3v) is 3.11. The van der Waals surface area contributed by atoms with Gasteiger partial charge in [-0.15, -0.1) is 0 Å². The highest BCUT2D eigenvalue weighted by Crippen LogP contribution is 2.35. The predicted octanol–water partition coefficient (Wildman–Crippen LogP) is 4.09. The van der Waals surface area contributed by atoms with Crippen LogP contribution in [-0.4, -0.2) is 9.97 Å². The molecule has 2 nitrogen and oxygen atoms in total. The fourth-order valence-corrected chi connectivity index (χ4v) is 1.82. The number of aryl methyl sites for hydroxylation is 2. The van der Waals surface area contributed by atoms with E-state index in [1.54, 1.807) is 19.9 Å². The van der Waals surface area contributed by atoms with Crippen molar-refractivity contribution in [2.75, 3.05) is 0 Å². The first-order valence-corrected chi connectivity index (χ1v) is 5.79. The van der Waals surface area contributed by atoms with Crippen LogP contribution in [0.25, 0.3) is 11.4 Å². The van der Waals surface area contributed by atoms with E-state index in [0.29, 0.717) is 11.4 Å². The molecule has 5 heteroatoms. The molecule has 19 heavy (non-hydrogen) atoms. The summed E-state index contributed by atoms with van der Waals surface area (Å²) in [6.45, 7) is 5.39. The largest absolute Gasteiger partial charge is 0.417 e. The molecule has 0 saturated carbocycles. The Hall–Kier alpha value is -1.91. The van der Waals surface area contributed by atoms with E-state index < -0.39 is 11.7 Å². The SMILES string of the molecule is Cc1nc(-c2ccccc2C(F)(F)F)nc(C)c1C. The monoisotopic (exact) mass is 266 g/mol. The molecule has 0 aliphatic rings. The zero-order chi connectivity index (χ0) is 14.2. The number of aromatic nitrogens is 2. The van der Waals surface area contributed by atoms with Crippen molar-refractivity contribution in [2.45, 2.75) is 26.9 Å². The Balaban J connectivity index is 2.67. The minimum Gasteiger partial charge on any atom is -0.233 e. The average Bonchev–Trinajstić information content (AvgIpc) is 2.34. The van der Waals surface area contributed by atoms with Crippen LogP contribution in [0.5, 0.6) is 0 Å². The van der Waals surface area contributed by atoms with E-state index in [4.69, 9.17) is 0 Å². The van der Waals surface area contributed by atoms with Crippen molar-refractivity contribution in [2.24, 2.45) is 0 Å². The Kier molecular flexibility index (Phi) is 3.30. The maximum Gasteiger partial charge on any atom is 0.417 e. The smallest absolute Gasteiger partial charge is 0.233 e. The molecule has 100 valence electrons. The van der Waals surface area contributed by atoms with E-state index >= 15 is 0 Å². The maximum atomic E-state index is 13.0. The molecule has 0 N–H and O–H groups in total. The number of benzene rings is 1. The van der Waals surface area contributed by atoms with Crippen LogP contribution in [0.4, 0.5) is 13.2 Å². The van der Waals surface area contributed by atoms with E-state index in [-0.39, 0.29) is 11.4 Å². The van der Waals surface area contributed by atoms with E-state index in [9.17, 15) is 13.2 Å². The van der Waals surface area contributed by atoms with Crippen molar-refractivity contribution in [3.8, 4) is 11.4 Å². The summed E-state index contributed by atoms with van der Waals surface area (Å²) in [5, 5.41) is 0. The van der Waals surface area contributed by atoms with E-state index in [0.717, 1.165) is 11.6 Å². The summed E-state index contributed by atoms with van der Waals surface area (Å²) in [7, 11) is 0. The number of hydrogen-bond acceptors (Lipinski definition) is 2. The lowest BCUT2D eigenvalue weighted by atomic mass is 10.1. The van der Waals surface area contributed by atoms with Crippen LogP contribution in [0.1, 0.15) is 22.5 Å². The second-order valence-electron chi connectivity index (χ2n) is 4.39. The molecule has 2 rings (SSSR count). The van der Waals surface area contributed by atoms with Crippen molar-refractivity contribution in [1.29, 1.82) is 0 Å². The summed E-state index contributed by atoms with van der Waals surface area (Å²) >= 11 is 0. The molecule has 0 bridgehead atoms. The Morgan fingerprint density at radius 1 is 0.895 bits per heavy atom. The molecular formula is C14H13F3N2. The second-order valence-corrected chi connectivity index (χ2v) is 4.39. The molecule has 1 aromatic heterocycles. The maximum absolute atomic E-state index is 13.0. The fourth-order valence-electron chi connectivity index (χ4n) is 1.82. The topological polar surface area (TPSA) is 25.8 Å². The van der Waals surface area contributed by atoms with Crippen LogP contribution >= 0.6 is 0 Å². The second kappa shape index (κ2) is 4.64. The average molecular weight is 266 g/mol. The van der Waals surface area contributed by atoms with Gasteiger partial charge in [0, 0.05) is 17.0 Å². The quantitative estimate of drug-likeness (QED) is 0.777. The third-order valence-electron chi connectivity index (χ3n) is 3.11. The van der Waals surface area contributed by atoms with E-state index in [2.05, 4.69) is 9.97 Å². The van der Waals surface area contributed by atoms with E-state index in [1.807, 2.05) is 6.92 Å². The molecule has 0 aliphatic heterocycles. The summed E-state index contributed by atoms with van der Waals surface area (Å²) < 4.78 is 38.9. The molecule has 1 heterocycles. The Morgan fingerprint density at radius 3 is 1.95 bits per heavy atom. The van der Waals surface area contributed by atoms with Gasteiger partial charge in [-0.1, -0.05) is 18.2 Å². The summed E-state index contributed by atoms with van der Waals surface area (Å²) in [4.78, 5) is 8.33. The molecule has 0 radical (unpaired) electrons. The van der Waals surface area contributed by atoms with Crippen molar-refractivity contribution in [3.05, 3.63) is 46.8 Å². The number of alkyl halides is 3. The summed E-state index contributed by atoms with van der Waals surface area (Å²) in [6, 6.07) is 5.36. The van der Waals surface area contributed by atoms with Crippen LogP contribution in [0.2, 0.25) is 0 Å². The first-order valence-electron chi connectivity index (χ1n) is 5.79. The third kappa shape index (κ3) is 2.59. The van der Waals surface area contributed by atoms with Gasteiger partial charge in [-0.2, -0.15) is 13.2 Å². The van der Waals surface area contributed by atoms with Gasteiger partial charge in [0.25, 0.3) is 0 Å². The minimum atomic E-state index is -4.41. The van der Waals surface area contributed by atoms with Crippen LogP contribution in [0.15, 0.2) is 24.3 Å². The Bertz CT molecular complexity index is 595. The lowest BCUT2D eigenvalue weighted by molar-refractivity contribution is -0.137. The van der Waals surface area contributed by atoms with Crippen LogP contribution < -0.4 is 0 Å². The standard InChI is InChI=1S/C14H13F3N2/c1-8-9(2)18-13(19-10(8)3)11-6-4-5-7-12(11)14(15,16)17/h4-7H,1-3H3. The number of rotatable bonds is 1. The zero-order valence-corrected chi connectivity index (χ0v) is 10.8. The molecule has 0 fully saturated rings. The van der Waals surface area contributed by atoms with Crippen molar-refractivity contribution >= 4 is 0 Å². The van der Waals surface area contributed by atoms with Gasteiger partial charge in [0.15, 0.2) is 5.82 Å². The van der Waals surface area contributed by atoms with Gasteiger partial charge in [0.05, 0.1) is 5.56 Å². The van der Waals surface area contributed by atoms with Gasteiger partial charge < -0.3 is 0 Å². The van der Waals surface area contributed by atoms with Gasteiger partial charge in [-0.3, -0.25) is 0 Å². The highest BCUT2D eigenvalue weighted by Gasteiger charge is 2.34. The molecule has 0 spiro atoms. The lowest BCUT2D eigenvalue weighted by Crippen LogP contribution is -2.09. The summed E-state index contributed by atoms with van der Waals surface area (Å²) in [5.74, 6) is 0.119. The summed E-state index contributed by atoms with van der Waals surface area (Å²) in [6.07, 6.45) is -4.41. The number of halogens is 3. The Morgan fingerprint density at radius 2 is 1.42 bits per heavy atom. The first kappa shape index (κ1) is 13.5. The predicted molar refractivity (Wildman–Crippen MR) is 66.7 cm³/mol. The van der Waals surface area contributed by atoms with Crippen LogP contribution in [-0.2, 0) is 6.18 Å². The molecule has 0 saturated heterocycles. The summed E-state index contributed by atoms with van der Waals surface area (Å²) in [5.41, 5.74) is 1.59. The molecule has 0 unspecified atom stereocenters. The van der Waals surface area contributed by atoms with Gasteiger partial charge in [-0.05, 0) is 32.4 Å². The number of hydrogen-bond donors (Lipinski definition) is 0. The van der Waals surface area contributed by atoms with Crippen molar-refractivity contribution in [3.63, 3.8) is 0 Å². The molecule has 0 atom stereocenters. The normalized spacial score (nSPS) is 11.7. The minimum absolute atomic E-state index is 0.0150. The van der Waals surface area contributed by atoms with Crippen LogP contribution in [0.3, 0.4) is 0 Å². The molecule has 0 amide bonds. The van der Waals surface area contributed by atoms with E-state index in [1.165, 1.54) is 12.1 Å². The van der Waals surface area contributed by atoms with Gasteiger partial charge in [-0.25, -0.2) is 9.97 Å².